The van der Waals surface area contributed by atoms with Gasteiger partial charge in [0.15, 0.2) is 5.78 Å². The van der Waals surface area contributed by atoms with E-state index in [1.807, 2.05) is 30.3 Å². The number of nitriles is 1. The molecule has 0 bridgehead atoms. The molecule has 0 radical (unpaired) electrons. The Balaban J connectivity index is 2.41. The topological polar surface area (TPSA) is 56.6 Å². The van der Waals surface area contributed by atoms with Gasteiger partial charge in [-0.05, 0) is 6.07 Å². The molecule has 1 atom stereocenters. The summed E-state index contributed by atoms with van der Waals surface area (Å²) < 4.78 is 0. The summed E-state index contributed by atoms with van der Waals surface area (Å²) in [5.41, 5.74) is 1.63. The minimum absolute atomic E-state index is 0.0269. The molecule has 3 heteroatoms. The van der Waals surface area contributed by atoms with Gasteiger partial charge in [-0.25, -0.2) is 0 Å². The van der Waals surface area contributed by atoms with Crippen molar-refractivity contribution in [3.63, 3.8) is 0 Å². The molecule has 0 aliphatic carbocycles. The number of carbonyl (C=O) groups excluding carboxylic acids is 1. The number of rotatable bonds is 3. The van der Waals surface area contributed by atoms with E-state index < -0.39 is 0 Å². The zero-order valence-corrected chi connectivity index (χ0v) is 9.03. The number of hydrogen-bond donors (Lipinski definition) is 1. The second-order valence-electron chi connectivity index (χ2n) is 3.88. The van der Waals surface area contributed by atoms with Gasteiger partial charge in [0, 0.05) is 35.0 Å². The lowest BCUT2D eigenvalue weighted by molar-refractivity contribution is 0.0933. The number of nitrogens with one attached hydrogen (secondary N) is 1. The first kappa shape index (κ1) is 10.4. The van der Waals surface area contributed by atoms with Crippen LogP contribution < -0.4 is 0 Å². The summed E-state index contributed by atoms with van der Waals surface area (Å²) >= 11 is 0. The van der Waals surface area contributed by atoms with E-state index in [2.05, 4.69) is 4.98 Å². The average Bonchev–Trinajstić information content (AvgIpc) is 2.72. The second-order valence-corrected chi connectivity index (χ2v) is 3.88. The summed E-state index contributed by atoms with van der Waals surface area (Å²) in [4.78, 5) is 15.1. The maximum absolute atomic E-state index is 12.0. The summed E-state index contributed by atoms with van der Waals surface area (Å²) in [7, 11) is 0. The number of benzene rings is 1. The Bertz CT molecular complexity index is 563. The number of hydrogen-bond acceptors (Lipinski definition) is 2. The van der Waals surface area contributed by atoms with E-state index in [4.69, 9.17) is 5.26 Å². The van der Waals surface area contributed by atoms with Crippen LogP contribution in [0.3, 0.4) is 0 Å². The summed E-state index contributed by atoms with van der Waals surface area (Å²) in [5, 5.41) is 9.51. The van der Waals surface area contributed by atoms with Crippen LogP contribution in [0.4, 0.5) is 0 Å². The van der Waals surface area contributed by atoms with Gasteiger partial charge < -0.3 is 4.98 Å². The normalized spacial score (nSPS) is 12.2. The molecular formula is C13H12N2O. The third-order valence-corrected chi connectivity index (χ3v) is 2.70. The molecule has 0 saturated carbocycles. The number of H-pyrrole nitrogens is 1. The number of ketones is 1. The lowest BCUT2D eigenvalue weighted by atomic mass is 9.97. The molecule has 1 aromatic heterocycles. The number of nitrogens with zero attached hydrogens (tertiary/aromatic N) is 1. The first-order valence-corrected chi connectivity index (χ1v) is 5.21. The Hall–Kier alpha value is -2.08. The van der Waals surface area contributed by atoms with Gasteiger partial charge in [-0.15, -0.1) is 0 Å². The van der Waals surface area contributed by atoms with Crippen molar-refractivity contribution in [1.82, 2.24) is 4.98 Å². The van der Waals surface area contributed by atoms with Gasteiger partial charge in [0.1, 0.15) is 0 Å². The molecule has 1 N–H and O–H groups in total. The first-order chi connectivity index (χ1) is 7.74. The van der Waals surface area contributed by atoms with Crippen molar-refractivity contribution >= 4 is 16.7 Å². The number of para-hydroxylation sites is 1. The van der Waals surface area contributed by atoms with E-state index in [0.29, 0.717) is 5.56 Å². The molecule has 1 heterocycles. The van der Waals surface area contributed by atoms with Crippen LogP contribution in [0, 0.1) is 17.2 Å². The zero-order valence-electron chi connectivity index (χ0n) is 9.03. The van der Waals surface area contributed by atoms with Crippen molar-refractivity contribution in [2.45, 2.75) is 13.3 Å². The summed E-state index contributed by atoms with van der Waals surface area (Å²) in [6.45, 7) is 1.79. The Morgan fingerprint density at radius 1 is 1.50 bits per heavy atom. The van der Waals surface area contributed by atoms with Gasteiger partial charge in [-0.1, -0.05) is 25.1 Å². The van der Waals surface area contributed by atoms with E-state index in [-0.39, 0.29) is 18.1 Å². The van der Waals surface area contributed by atoms with Gasteiger partial charge in [-0.3, -0.25) is 4.79 Å². The highest BCUT2D eigenvalue weighted by Gasteiger charge is 2.17. The monoisotopic (exact) mass is 212 g/mol. The number of Topliss-reactive ketones (excluding diaryl/α,β-unsaturated/α-hetero) is 1. The van der Waals surface area contributed by atoms with Crippen molar-refractivity contribution < 1.29 is 4.79 Å². The van der Waals surface area contributed by atoms with Gasteiger partial charge in [0.2, 0.25) is 0 Å². The number of carbonyl (C=O) groups is 1. The largest absolute Gasteiger partial charge is 0.360 e. The maximum Gasteiger partial charge on any atom is 0.168 e. The van der Waals surface area contributed by atoms with E-state index in [0.717, 1.165) is 10.9 Å². The molecule has 0 saturated heterocycles. The van der Waals surface area contributed by atoms with Crippen LogP contribution in [0.2, 0.25) is 0 Å². The third kappa shape index (κ3) is 1.70. The molecule has 80 valence electrons. The minimum atomic E-state index is -0.246. The molecule has 2 aromatic rings. The molecule has 16 heavy (non-hydrogen) atoms. The standard InChI is InChI=1S/C13H12N2O/c1-9(6-7-14)13(16)11-8-15-12-5-3-2-4-10(11)12/h2-5,8-9,15H,6H2,1H3/t9-/m0/s1. The Morgan fingerprint density at radius 2 is 2.25 bits per heavy atom. The van der Waals surface area contributed by atoms with Crippen LogP contribution in [0.5, 0.6) is 0 Å². The Labute approximate surface area is 93.7 Å². The fourth-order valence-corrected chi connectivity index (χ4v) is 1.77. The molecule has 1 aromatic carbocycles. The molecule has 0 amide bonds. The van der Waals surface area contributed by atoms with Crippen molar-refractivity contribution in [2.75, 3.05) is 0 Å². The Kier molecular flexibility index (Phi) is 2.74. The van der Waals surface area contributed by atoms with Crippen molar-refractivity contribution in [3.8, 4) is 6.07 Å². The van der Waals surface area contributed by atoms with Crippen molar-refractivity contribution in [2.24, 2.45) is 5.92 Å². The summed E-state index contributed by atoms with van der Waals surface area (Å²) in [5.74, 6) is -0.219. The van der Waals surface area contributed by atoms with Gasteiger partial charge >= 0.3 is 0 Å². The number of aromatic amines is 1. The highest BCUT2D eigenvalue weighted by atomic mass is 16.1. The smallest absolute Gasteiger partial charge is 0.168 e. The number of fused-ring (bicyclic) bond motifs is 1. The Morgan fingerprint density at radius 3 is 3.00 bits per heavy atom. The van der Waals surface area contributed by atoms with E-state index >= 15 is 0 Å². The zero-order chi connectivity index (χ0) is 11.5. The van der Waals surface area contributed by atoms with Crippen molar-refractivity contribution in [1.29, 1.82) is 5.26 Å². The lowest BCUT2D eigenvalue weighted by Crippen LogP contribution is -2.09. The summed E-state index contributed by atoms with van der Waals surface area (Å²) in [6, 6.07) is 9.70. The predicted octanol–water partition coefficient (Wildman–Crippen LogP) is 2.90. The molecule has 0 fully saturated rings. The summed E-state index contributed by atoms with van der Waals surface area (Å²) in [6.07, 6.45) is 1.99. The second kappa shape index (κ2) is 4.19. The highest BCUT2D eigenvalue weighted by Crippen LogP contribution is 2.21. The first-order valence-electron chi connectivity index (χ1n) is 5.21. The van der Waals surface area contributed by atoms with Crippen LogP contribution in [-0.2, 0) is 0 Å². The SMILES string of the molecule is C[C@@H](CC#N)C(=O)c1c[nH]c2ccccc12. The fourth-order valence-electron chi connectivity index (χ4n) is 1.77. The van der Waals surface area contributed by atoms with E-state index in [1.54, 1.807) is 13.1 Å². The minimum Gasteiger partial charge on any atom is -0.360 e. The fraction of sp³-hybridized carbons (Fsp3) is 0.231. The molecule has 0 aliphatic rings. The van der Waals surface area contributed by atoms with Crippen LogP contribution in [0.25, 0.3) is 10.9 Å². The molecule has 2 rings (SSSR count). The molecular weight excluding hydrogens is 200 g/mol. The quantitative estimate of drug-likeness (QED) is 0.795. The van der Waals surface area contributed by atoms with Gasteiger partial charge in [0.05, 0.1) is 6.07 Å². The highest BCUT2D eigenvalue weighted by molar-refractivity contribution is 6.08. The average molecular weight is 212 g/mol. The van der Waals surface area contributed by atoms with E-state index in [9.17, 15) is 4.79 Å². The van der Waals surface area contributed by atoms with Gasteiger partial charge in [-0.2, -0.15) is 5.26 Å². The lowest BCUT2D eigenvalue weighted by Gasteiger charge is -2.04. The molecule has 3 nitrogen and oxygen atoms in total. The molecule has 0 aliphatic heterocycles. The molecule has 0 unspecified atom stereocenters. The number of aromatic nitrogens is 1. The van der Waals surface area contributed by atoms with Crippen LogP contribution in [0.15, 0.2) is 30.5 Å². The van der Waals surface area contributed by atoms with Crippen LogP contribution in [-0.4, -0.2) is 10.8 Å². The maximum atomic E-state index is 12.0. The van der Waals surface area contributed by atoms with Gasteiger partial charge in [0.25, 0.3) is 0 Å². The van der Waals surface area contributed by atoms with Crippen molar-refractivity contribution in [3.05, 3.63) is 36.0 Å². The molecule has 0 spiro atoms. The van der Waals surface area contributed by atoms with Crippen LogP contribution in [0.1, 0.15) is 23.7 Å². The van der Waals surface area contributed by atoms with E-state index in [1.165, 1.54) is 0 Å². The third-order valence-electron chi connectivity index (χ3n) is 2.70. The predicted molar refractivity (Wildman–Crippen MR) is 62.0 cm³/mol. The van der Waals surface area contributed by atoms with Crippen LogP contribution >= 0.6 is 0 Å².